The van der Waals surface area contributed by atoms with Crippen LogP contribution in [-0.2, 0) is 6.42 Å². The van der Waals surface area contributed by atoms with Gasteiger partial charge in [-0.05, 0) is 31.4 Å². The number of hydrogen-bond donors (Lipinski definition) is 1. The second kappa shape index (κ2) is 3.19. The first-order valence-electron chi connectivity index (χ1n) is 5.12. The number of benzene rings is 1. The van der Waals surface area contributed by atoms with Gasteiger partial charge in [-0.3, -0.25) is 0 Å². The fourth-order valence-electron chi connectivity index (χ4n) is 1.96. The molecule has 2 rings (SSSR count). The topological polar surface area (TPSA) is 21.3 Å². The highest BCUT2D eigenvalue weighted by Gasteiger charge is 2.30. The second-order valence-corrected chi connectivity index (χ2v) is 4.24. The van der Waals surface area contributed by atoms with Gasteiger partial charge in [0.2, 0.25) is 0 Å². The Bertz CT molecular complexity index is 348. The van der Waals surface area contributed by atoms with E-state index in [1.807, 2.05) is 6.07 Å². The first kappa shape index (κ1) is 9.38. The summed E-state index contributed by atoms with van der Waals surface area (Å²) in [6, 6.07) is 6.26. The molecule has 1 atom stereocenters. The second-order valence-electron chi connectivity index (χ2n) is 4.24. The van der Waals surface area contributed by atoms with Crippen LogP contribution in [0.25, 0.3) is 0 Å². The van der Waals surface area contributed by atoms with Crippen molar-refractivity contribution in [3.63, 3.8) is 0 Å². The predicted molar refractivity (Wildman–Crippen MR) is 59.0 cm³/mol. The van der Waals surface area contributed by atoms with Crippen molar-refractivity contribution < 1.29 is 4.74 Å². The zero-order valence-corrected chi connectivity index (χ0v) is 9.05. The van der Waals surface area contributed by atoms with Crippen molar-refractivity contribution >= 4 is 5.69 Å². The molecule has 1 aromatic carbocycles. The van der Waals surface area contributed by atoms with Crippen molar-refractivity contribution in [1.82, 2.24) is 0 Å². The Morgan fingerprint density at radius 3 is 2.93 bits per heavy atom. The van der Waals surface area contributed by atoms with Gasteiger partial charge < -0.3 is 10.1 Å². The summed E-state index contributed by atoms with van der Waals surface area (Å²) in [5.74, 6) is 0.927. The molecule has 14 heavy (non-hydrogen) atoms. The summed E-state index contributed by atoms with van der Waals surface area (Å²) in [6.45, 7) is 4.48. The van der Waals surface area contributed by atoms with E-state index in [9.17, 15) is 0 Å². The molecule has 1 aliphatic heterocycles. The van der Waals surface area contributed by atoms with Gasteiger partial charge in [-0.2, -0.15) is 0 Å². The molecule has 0 saturated carbocycles. The Morgan fingerprint density at radius 1 is 1.50 bits per heavy atom. The lowest BCUT2D eigenvalue weighted by Gasteiger charge is -2.22. The molecule has 0 saturated heterocycles. The summed E-state index contributed by atoms with van der Waals surface area (Å²) >= 11 is 0. The van der Waals surface area contributed by atoms with E-state index in [1.165, 1.54) is 11.3 Å². The molecule has 0 aromatic heterocycles. The van der Waals surface area contributed by atoms with E-state index in [0.29, 0.717) is 0 Å². The molecule has 1 heterocycles. The molecule has 0 radical (unpaired) electrons. The predicted octanol–water partition coefficient (Wildman–Crippen LogP) is 2.83. The summed E-state index contributed by atoms with van der Waals surface area (Å²) in [6.07, 6.45) is 2.26. The van der Waals surface area contributed by atoms with Crippen molar-refractivity contribution in [3.8, 4) is 5.75 Å². The molecule has 2 heteroatoms. The maximum absolute atomic E-state index is 5.20. The quantitative estimate of drug-likeness (QED) is 0.776. The Kier molecular flexibility index (Phi) is 2.14. The fourth-order valence-corrected chi connectivity index (χ4v) is 1.96. The van der Waals surface area contributed by atoms with Gasteiger partial charge in [0, 0.05) is 17.3 Å². The van der Waals surface area contributed by atoms with Gasteiger partial charge in [0.1, 0.15) is 5.75 Å². The molecule has 0 bridgehead atoms. The molecule has 1 aromatic rings. The Morgan fingerprint density at radius 2 is 2.29 bits per heavy atom. The first-order valence-corrected chi connectivity index (χ1v) is 5.12. The Balaban J connectivity index is 2.31. The van der Waals surface area contributed by atoms with Crippen molar-refractivity contribution in [1.29, 1.82) is 0 Å². The zero-order chi connectivity index (χ0) is 10.2. The monoisotopic (exact) mass is 191 g/mol. The molecule has 0 spiro atoms. The van der Waals surface area contributed by atoms with E-state index in [2.05, 4.69) is 31.3 Å². The minimum absolute atomic E-state index is 0.231. The third-order valence-corrected chi connectivity index (χ3v) is 3.11. The van der Waals surface area contributed by atoms with Gasteiger partial charge in [0.25, 0.3) is 0 Å². The summed E-state index contributed by atoms with van der Waals surface area (Å²) < 4.78 is 5.20. The van der Waals surface area contributed by atoms with Gasteiger partial charge in [-0.1, -0.05) is 13.0 Å². The molecule has 0 aliphatic carbocycles. The largest absolute Gasteiger partial charge is 0.497 e. The number of hydrogen-bond acceptors (Lipinski definition) is 2. The van der Waals surface area contributed by atoms with Gasteiger partial charge in [-0.15, -0.1) is 0 Å². The van der Waals surface area contributed by atoms with Crippen LogP contribution in [0.2, 0.25) is 0 Å². The SMILES string of the molecule is CCC1(C)Cc2ccc(OC)cc2N1. The lowest BCUT2D eigenvalue weighted by Crippen LogP contribution is -2.30. The van der Waals surface area contributed by atoms with Gasteiger partial charge in [0.05, 0.1) is 7.11 Å². The van der Waals surface area contributed by atoms with Crippen molar-refractivity contribution in [2.75, 3.05) is 12.4 Å². The van der Waals surface area contributed by atoms with E-state index < -0.39 is 0 Å². The van der Waals surface area contributed by atoms with Crippen LogP contribution < -0.4 is 10.1 Å². The highest BCUT2D eigenvalue weighted by molar-refractivity contribution is 5.61. The standard InChI is InChI=1S/C12H17NO/c1-4-12(2)8-9-5-6-10(14-3)7-11(9)13-12/h5-7,13H,4,8H2,1-3H3. The number of nitrogens with one attached hydrogen (secondary N) is 1. The normalized spacial score (nSPS) is 24.2. The van der Waals surface area contributed by atoms with Crippen molar-refractivity contribution in [2.45, 2.75) is 32.2 Å². The molecule has 0 fully saturated rings. The van der Waals surface area contributed by atoms with Crippen LogP contribution in [0.15, 0.2) is 18.2 Å². The third kappa shape index (κ3) is 1.45. The highest BCUT2D eigenvalue weighted by Crippen LogP contribution is 2.36. The van der Waals surface area contributed by atoms with E-state index >= 15 is 0 Å². The van der Waals surface area contributed by atoms with Crippen LogP contribution in [0.3, 0.4) is 0 Å². The van der Waals surface area contributed by atoms with E-state index in [0.717, 1.165) is 18.6 Å². The lowest BCUT2D eigenvalue weighted by atomic mass is 9.95. The van der Waals surface area contributed by atoms with Crippen LogP contribution in [0.4, 0.5) is 5.69 Å². The summed E-state index contributed by atoms with van der Waals surface area (Å²) in [5, 5.41) is 3.56. The zero-order valence-electron chi connectivity index (χ0n) is 9.05. The van der Waals surface area contributed by atoms with Crippen LogP contribution in [-0.4, -0.2) is 12.6 Å². The molecular formula is C12H17NO. The van der Waals surface area contributed by atoms with Crippen LogP contribution in [0.5, 0.6) is 5.75 Å². The van der Waals surface area contributed by atoms with Crippen molar-refractivity contribution in [3.05, 3.63) is 23.8 Å². The summed E-state index contributed by atoms with van der Waals surface area (Å²) in [5.41, 5.74) is 2.86. The van der Waals surface area contributed by atoms with E-state index in [-0.39, 0.29) is 5.54 Å². The number of fused-ring (bicyclic) bond motifs is 1. The molecular weight excluding hydrogens is 174 g/mol. The summed E-state index contributed by atoms with van der Waals surface area (Å²) in [4.78, 5) is 0. The average Bonchev–Trinajstić information content (AvgIpc) is 2.54. The van der Waals surface area contributed by atoms with E-state index in [4.69, 9.17) is 4.74 Å². The van der Waals surface area contributed by atoms with Crippen LogP contribution in [0.1, 0.15) is 25.8 Å². The Labute approximate surface area is 85.3 Å². The van der Waals surface area contributed by atoms with E-state index in [1.54, 1.807) is 7.11 Å². The molecule has 0 amide bonds. The molecule has 76 valence electrons. The first-order chi connectivity index (χ1) is 6.67. The smallest absolute Gasteiger partial charge is 0.120 e. The van der Waals surface area contributed by atoms with Gasteiger partial charge in [0.15, 0.2) is 0 Å². The average molecular weight is 191 g/mol. The summed E-state index contributed by atoms with van der Waals surface area (Å²) in [7, 11) is 1.70. The van der Waals surface area contributed by atoms with Crippen molar-refractivity contribution in [2.24, 2.45) is 0 Å². The number of rotatable bonds is 2. The van der Waals surface area contributed by atoms with Gasteiger partial charge in [-0.25, -0.2) is 0 Å². The number of anilines is 1. The third-order valence-electron chi connectivity index (χ3n) is 3.11. The minimum Gasteiger partial charge on any atom is -0.497 e. The Hall–Kier alpha value is -1.18. The number of methoxy groups -OCH3 is 1. The number of ether oxygens (including phenoxy) is 1. The van der Waals surface area contributed by atoms with Crippen LogP contribution in [0, 0.1) is 0 Å². The fraction of sp³-hybridized carbons (Fsp3) is 0.500. The van der Waals surface area contributed by atoms with Crippen LogP contribution >= 0.6 is 0 Å². The molecule has 1 N–H and O–H groups in total. The minimum atomic E-state index is 0.231. The maximum Gasteiger partial charge on any atom is 0.120 e. The molecule has 1 aliphatic rings. The molecule has 1 unspecified atom stereocenters. The highest BCUT2D eigenvalue weighted by atomic mass is 16.5. The lowest BCUT2D eigenvalue weighted by molar-refractivity contribution is 0.415. The van der Waals surface area contributed by atoms with Gasteiger partial charge >= 0.3 is 0 Å². The molecule has 2 nitrogen and oxygen atoms in total. The maximum atomic E-state index is 5.20.